The van der Waals surface area contributed by atoms with Crippen molar-refractivity contribution in [2.45, 2.75) is 19.8 Å². The highest BCUT2D eigenvalue weighted by atomic mass is 16.1. The van der Waals surface area contributed by atoms with Crippen molar-refractivity contribution in [3.05, 3.63) is 28.8 Å². The summed E-state index contributed by atoms with van der Waals surface area (Å²) < 4.78 is 0. The lowest BCUT2D eigenvalue weighted by atomic mass is 10.0. The van der Waals surface area contributed by atoms with Crippen LogP contribution < -0.4 is 4.90 Å². The van der Waals surface area contributed by atoms with Crippen molar-refractivity contribution < 1.29 is 4.79 Å². The molecule has 2 nitrogen and oxygen atoms in total. The van der Waals surface area contributed by atoms with E-state index in [0.717, 1.165) is 12.0 Å². The molecule has 1 aromatic rings. The van der Waals surface area contributed by atoms with Crippen LogP contribution in [0.15, 0.2) is 12.1 Å². The topological polar surface area (TPSA) is 20.3 Å². The molecule has 0 heterocycles. The van der Waals surface area contributed by atoms with Gasteiger partial charge < -0.3 is 4.90 Å². The maximum Gasteiger partial charge on any atom is 0.163 e. The zero-order valence-electron chi connectivity index (χ0n) is 8.92. The smallest absolute Gasteiger partial charge is 0.163 e. The minimum Gasteiger partial charge on any atom is -0.377 e. The van der Waals surface area contributed by atoms with Crippen molar-refractivity contribution in [3.63, 3.8) is 0 Å². The second kappa shape index (κ2) is 3.12. The van der Waals surface area contributed by atoms with E-state index in [9.17, 15) is 4.79 Å². The Balaban J connectivity index is 2.55. The number of anilines is 1. The van der Waals surface area contributed by atoms with E-state index in [4.69, 9.17) is 0 Å². The summed E-state index contributed by atoms with van der Waals surface area (Å²) in [4.78, 5) is 13.6. The summed E-state index contributed by atoms with van der Waals surface area (Å²) in [5.41, 5.74) is 4.56. The molecule has 0 aliphatic heterocycles. The first-order chi connectivity index (χ1) is 6.59. The molecule has 0 amide bonds. The van der Waals surface area contributed by atoms with Gasteiger partial charge in [0, 0.05) is 31.8 Å². The molecule has 0 atom stereocenters. The molecule has 0 saturated carbocycles. The third kappa shape index (κ3) is 1.31. The minimum absolute atomic E-state index is 0.299. The molecule has 0 fully saturated rings. The van der Waals surface area contributed by atoms with Gasteiger partial charge in [0.2, 0.25) is 0 Å². The quantitative estimate of drug-likeness (QED) is 0.675. The van der Waals surface area contributed by atoms with Gasteiger partial charge in [-0.3, -0.25) is 4.79 Å². The molecule has 0 unspecified atom stereocenters. The Morgan fingerprint density at radius 2 is 1.93 bits per heavy atom. The van der Waals surface area contributed by atoms with Crippen LogP contribution in [0.1, 0.15) is 27.9 Å². The van der Waals surface area contributed by atoms with Crippen molar-refractivity contribution in [2.24, 2.45) is 0 Å². The summed E-state index contributed by atoms with van der Waals surface area (Å²) in [6, 6.07) is 4.18. The number of fused-ring (bicyclic) bond motifs is 1. The second-order valence-corrected chi connectivity index (χ2v) is 4.11. The first-order valence-corrected chi connectivity index (χ1v) is 4.93. The molecule has 0 aromatic heterocycles. The highest BCUT2D eigenvalue weighted by Crippen LogP contribution is 2.29. The summed E-state index contributed by atoms with van der Waals surface area (Å²) >= 11 is 0. The van der Waals surface area contributed by atoms with Crippen molar-refractivity contribution in [1.29, 1.82) is 0 Å². The Morgan fingerprint density at radius 3 is 2.57 bits per heavy atom. The number of hydrogen-bond acceptors (Lipinski definition) is 2. The van der Waals surface area contributed by atoms with Gasteiger partial charge in [-0.15, -0.1) is 0 Å². The molecule has 2 rings (SSSR count). The van der Waals surface area contributed by atoms with Crippen LogP contribution in [-0.4, -0.2) is 19.9 Å². The summed E-state index contributed by atoms with van der Waals surface area (Å²) in [6.45, 7) is 2.06. The van der Waals surface area contributed by atoms with E-state index in [1.54, 1.807) is 0 Å². The highest BCUT2D eigenvalue weighted by Gasteiger charge is 2.20. The normalized spacial score (nSPS) is 14.4. The molecule has 0 saturated heterocycles. The fraction of sp³-hybridized carbons (Fsp3) is 0.417. The van der Waals surface area contributed by atoms with Crippen LogP contribution in [0, 0.1) is 6.92 Å². The van der Waals surface area contributed by atoms with E-state index < -0.39 is 0 Å². The number of rotatable bonds is 1. The molecular formula is C12H15NO. The molecule has 0 radical (unpaired) electrons. The zero-order chi connectivity index (χ0) is 10.3. The van der Waals surface area contributed by atoms with E-state index in [1.807, 2.05) is 20.2 Å². The lowest BCUT2D eigenvalue weighted by Gasteiger charge is -2.16. The van der Waals surface area contributed by atoms with Crippen LogP contribution in [0.25, 0.3) is 0 Å². The van der Waals surface area contributed by atoms with E-state index >= 15 is 0 Å². The highest BCUT2D eigenvalue weighted by molar-refractivity contribution is 6.01. The Hall–Kier alpha value is -1.31. The van der Waals surface area contributed by atoms with Gasteiger partial charge in [-0.25, -0.2) is 0 Å². The van der Waals surface area contributed by atoms with Gasteiger partial charge in [0.25, 0.3) is 0 Å². The third-order valence-corrected chi connectivity index (χ3v) is 2.83. The van der Waals surface area contributed by atoms with Crippen molar-refractivity contribution in [3.8, 4) is 0 Å². The Morgan fingerprint density at radius 1 is 1.21 bits per heavy atom. The van der Waals surface area contributed by atoms with E-state index in [2.05, 4.69) is 17.9 Å². The molecule has 0 spiro atoms. The van der Waals surface area contributed by atoms with Gasteiger partial charge in [-0.2, -0.15) is 0 Å². The molecular weight excluding hydrogens is 174 g/mol. The summed E-state index contributed by atoms with van der Waals surface area (Å²) in [5, 5.41) is 0. The zero-order valence-corrected chi connectivity index (χ0v) is 8.92. The Kier molecular flexibility index (Phi) is 2.06. The molecule has 14 heavy (non-hydrogen) atoms. The predicted molar refractivity (Wildman–Crippen MR) is 58.2 cm³/mol. The van der Waals surface area contributed by atoms with Gasteiger partial charge in [-0.1, -0.05) is 0 Å². The maximum absolute atomic E-state index is 11.5. The average Bonchev–Trinajstić information content (AvgIpc) is 2.46. The summed E-state index contributed by atoms with van der Waals surface area (Å²) in [5.74, 6) is 0.299. The SMILES string of the molecule is Cc1cc2c(cc1N(C)C)CCC2=O. The van der Waals surface area contributed by atoms with E-state index in [1.165, 1.54) is 16.8 Å². The summed E-state index contributed by atoms with van der Waals surface area (Å²) in [7, 11) is 4.07. The van der Waals surface area contributed by atoms with Gasteiger partial charge in [-0.05, 0) is 36.6 Å². The average molecular weight is 189 g/mol. The fourth-order valence-corrected chi connectivity index (χ4v) is 2.07. The van der Waals surface area contributed by atoms with Gasteiger partial charge in [0.15, 0.2) is 5.78 Å². The molecule has 74 valence electrons. The largest absolute Gasteiger partial charge is 0.377 e. The minimum atomic E-state index is 0.299. The van der Waals surface area contributed by atoms with Gasteiger partial charge in [0.05, 0.1) is 0 Å². The number of carbonyl (C=O) groups is 1. The number of benzene rings is 1. The molecule has 0 bridgehead atoms. The lowest BCUT2D eigenvalue weighted by molar-refractivity contribution is 0.0994. The number of hydrogen-bond donors (Lipinski definition) is 0. The standard InChI is InChI=1S/C12H15NO/c1-8-6-10-9(4-5-12(10)14)7-11(8)13(2)3/h6-7H,4-5H2,1-3H3. The molecule has 2 heteroatoms. The predicted octanol–water partition coefficient (Wildman–Crippen LogP) is 2.19. The van der Waals surface area contributed by atoms with Crippen molar-refractivity contribution in [2.75, 3.05) is 19.0 Å². The van der Waals surface area contributed by atoms with Crippen LogP contribution >= 0.6 is 0 Å². The van der Waals surface area contributed by atoms with Gasteiger partial charge >= 0.3 is 0 Å². The first-order valence-electron chi connectivity index (χ1n) is 4.93. The summed E-state index contributed by atoms with van der Waals surface area (Å²) in [6.07, 6.45) is 1.60. The van der Waals surface area contributed by atoms with Gasteiger partial charge in [0.1, 0.15) is 0 Å². The van der Waals surface area contributed by atoms with Crippen LogP contribution in [0.5, 0.6) is 0 Å². The lowest BCUT2D eigenvalue weighted by Crippen LogP contribution is -2.11. The first kappa shape index (κ1) is 9.25. The molecule has 1 aromatic carbocycles. The number of nitrogens with zero attached hydrogens (tertiary/aromatic N) is 1. The van der Waals surface area contributed by atoms with E-state index in [-0.39, 0.29) is 0 Å². The van der Waals surface area contributed by atoms with Crippen LogP contribution in [-0.2, 0) is 6.42 Å². The van der Waals surface area contributed by atoms with Crippen molar-refractivity contribution >= 4 is 11.5 Å². The van der Waals surface area contributed by atoms with Crippen LogP contribution in [0.3, 0.4) is 0 Å². The second-order valence-electron chi connectivity index (χ2n) is 4.11. The molecule has 1 aliphatic rings. The number of Topliss-reactive ketones (excluding diaryl/α,β-unsaturated/α-hetero) is 1. The van der Waals surface area contributed by atoms with Crippen LogP contribution in [0.4, 0.5) is 5.69 Å². The Bertz CT molecular complexity index is 394. The fourth-order valence-electron chi connectivity index (χ4n) is 2.07. The number of carbonyl (C=O) groups excluding carboxylic acids is 1. The number of aryl methyl sites for hydroxylation is 2. The Labute approximate surface area is 84.5 Å². The number of ketones is 1. The van der Waals surface area contributed by atoms with Crippen LogP contribution in [0.2, 0.25) is 0 Å². The third-order valence-electron chi connectivity index (χ3n) is 2.83. The monoisotopic (exact) mass is 189 g/mol. The van der Waals surface area contributed by atoms with E-state index in [0.29, 0.717) is 12.2 Å². The molecule has 1 aliphatic carbocycles. The molecule has 0 N–H and O–H groups in total. The maximum atomic E-state index is 11.5. The van der Waals surface area contributed by atoms with Crippen molar-refractivity contribution in [1.82, 2.24) is 0 Å².